The largest absolute Gasteiger partial charge is 0.467 e. The SMILES string of the molecule is Cc1ccc(C(C(=O)NC(C)(C)C)N(Cc2ccco2)C(=O)Cn2nnc(-c3ccc(C)o3)n2)cc1. The average molecular weight is 491 g/mol. The van der Waals surface area contributed by atoms with Crippen LogP contribution in [0.2, 0.25) is 0 Å². The molecule has 36 heavy (non-hydrogen) atoms. The molecule has 1 atom stereocenters. The van der Waals surface area contributed by atoms with E-state index in [1.54, 1.807) is 24.3 Å². The van der Waals surface area contributed by atoms with Crippen molar-refractivity contribution in [2.75, 3.05) is 0 Å². The molecule has 0 aliphatic heterocycles. The van der Waals surface area contributed by atoms with Crippen molar-refractivity contribution in [2.45, 2.75) is 59.3 Å². The van der Waals surface area contributed by atoms with E-state index in [1.807, 2.05) is 58.9 Å². The predicted molar refractivity (Wildman–Crippen MR) is 131 cm³/mol. The summed E-state index contributed by atoms with van der Waals surface area (Å²) in [6.07, 6.45) is 1.53. The second-order valence-electron chi connectivity index (χ2n) is 9.71. The molecule has 0 fully saturated rings. The maximum Gasteiger partial charge on any atom is 0.247 e. The Labute approximate surface area is 209 Å². The lowest BCUT2D eigenvalue weighted by molar-refractivity contribution is -0.143. The highest BCUT2D eigenvalue weighted by atomic mass is 16.3. The first kappa shape index (κ1) is 24.9. The number of tetrazole rings is 1. The molecule has 0 aliphatic carbocycles. The monoisotopic (exact) mass is 490 g/mol. The van der Waals surface area contributed by atoms with E-state index >= 15 is 0 Å². The Hall–Kier alpha value is -4.21. The van der Waals surface area contributed by atoms with Crippen LogP contribution in [0.3, 0.4) is 0 Å². The van der Waals surface area contributed by atoms with Crippen LogP contribution in [-0.2, 0) is 22.7 Å². The van der Waals surface area contributed by atoms with Gasteiger partial charge in [-0.1, -0.05) is 29.8 Å². The van der Waals surface area contributed by atoms with Crippen molar-refractivity contribution in [2.24, 2.45) is 0 Å². The minimum atomic E-state index is -0.904. The molecule has 0 radical (unpaired) electrons. The molecular weight excluding hydrogens is 460 g/mol. The standard InChI is InChI=1S/C26H30N6O4/c1-17-8-11-19(12-9-17)23(25(34)27-26(3,4)5)31(15-20-7-6-14-35-20)22(33)16-32-29-24(28-30-32)21-13-10-18(2)36-21/h6-14,23H,15-16H2,1-5H3,(H,27,34). The lowest BCUT2D eigenvalue weighted by Gasteiger charge is -2.33. The Bertz CT molecular complexity index is 1320. The third-order valence-electron chi connectivity index (χ3n) is 5.37. The fourth-order valence-corrected chi connectivity index (χ4v) is 3.73. The maximum absolute atomic E-state index is 13.7. The van der Waals surface area contributed by atoms with E-state index in [0.717, 1.165) is 5.56 Å². The normalized spacial score (nSPS) is 12.4. The number of nitrogens with one attached hydrogen (secondary N) is 1. The lowest BCUT2D eigenvalue weighted by atomic mass is 10.00. The Morgan fingerprint density at radius 1 is 1.08 bits per heavy atom. The summed E-state index contributed by atoms with van der Waals surface area (Å²) in [5.74, 6) is 1.31. The molecule has 1 N–H and O–H groups in total. The van der Waals surface area contributed by atoms with Crippen LogP contribution < -0.4 is 5.32 Å². The number of aromatic nitrogens is 4. The van der Waals surface area contributed by atoms with E-state index in [1.165, 1.54) is 16.0 Å². The molecule has 0 spiro atoms. The zero-order valence-electron chi connectivity index (χ0n) is 21.1. The van der Waals surface area contributed by atoms with Gasteiger partial charge in [-0.2, -0.15) is 4.80 Å². The molecule has 2 amide bonds. The molecule has 0 saturated carbocycles. The molecule has 1 aromatic carbocycles. The fraction of sp³-hybridized carbons (Fsp3) is 0.346. The molecule has 3 aromatic heterocycles. The van der Waals surface area contributed by atoms with Crippen molar-refractivity contribution >= 4 is 11.8 Å². The van der Waals surface area contributed by atoms with Crippen molar-refractivity contribution in [3.8, 4) is 11.6 Å². The van der Waals surface area contributed by atoms with Gasteiger partial charge in [0, 0.05) is 5.54 Å². The highest BCUT2D eigenvalue weighted by Crippen LogP contribution is 2.26. The highest BCUT2D eigenvalue weighted by molar-refractivity contribution is 5.89. The summed E-state index contributed by atoms with van der Waals surface area (Å²) in [4.78, 5) is 29.9. The number of carbonyl (C=O) groups is 2. The molecule has 10 heteroatoms. The van der Waals surface area contributed by atoms with Gasteiger partial charge < -0.3 is 19.1 Å². The van der Waals surface area contributed by atoms with Gasteiger partial charge in [0.1, 0.15) is 24.1 Å². The van der Waals surface area contributed by atoms with Crippen LogP contribution in [0.15, 0.2) is 63.6 Å². The number of furan rings is 2. The molecule has 0 aliphatic rings. The summed E-state index contributed by atoms with van der Waals surface area (Å²) in [7, 11) is 0. The summed E-state index contributed by atoms with van der Waals surface area (Å²) in [6, 6.07) is 13.7. The number of carbonyl (C=O) groups excluding carboxylic acids is 2. The minimum Gasteiger partial charge on any atom is -0.467 e. The molecule has 1 unspecified atom stereocenters. The van der Waals surface area contributed by atoms with Gasteiger partial charge in [-0.3, -0.25) is 9.59 Å². The van der Waals surface area contributed by atoms with Gasteiger partial charge >= 0.3 is 0 Å². The quantitative estimate of drug-likeness (QED) is 0.399. The number of hydrogen-bond acceptors (Lipinski definition) is 7. The number of amides is 2. The second kappa shape index (κ2) is 10.2. The van der Waals surface area contributed by atoms with Gasteiger partial charge in [-0.15, -0.1) is 10.2 Å². The van der Waals surface area contributed by atoms with E-state index in [-0.39, 0.29) is 30.7 Å². The minimum absolute atomic E-state index is 0.0842. The Balaban J connectivity index is 1.67. The van der Waals surface area contributed by atoms with Gasteiger partial charge in [0.05, 0.1) is 12.8 Å². The van der Waals surface area contributed by atoms with Gasteiger partial charge in [0.2, 0.25) is 17.6 Å². The summed E-state index contributed by atoms with van der Waals surface area (Å²) < 4.78 is 11.1. The molecule has 4 rings (SSSR count). The van der Waals surface area contributed by atoms with Crippen LogP contribution in [0.4, 0.5) is 0 Å². The van der Waals surface area contributed by atoms with Crippen LogP contribution in [0.1, 0.15) is 49.5 Å². The third kappa shape index (κ3) is 6.07. The lowest BCUT2D eigenvalue weighted by Crippen LogP contribution is -2.49. The molecular formula is C26H30N6O4. The first-order chi connectivity index (χ1) is 17.1. The summed E-state index contributed by atoms with van der Waals surface area (Å²) >= 11 is 0. The number of hydrogen-bond donors (Lipinski definition) is 1. The van der Waals surface area contributed by atoms with Crippen molar-refractivity contribution in [1.82, 2.24) is 30.4 Å². The van der Waals surface area contributed by atoms with Crippen molar-refractivity contribution in [3.05, 3.63) is 77.4 Å². The van der Waals surface area contributed by atoms with Crippen molar-refractivity contribution < 1.29 is 18.4 Å². The van der Waals surface area contributed by atoms with Crippen molar-refractivity contribution in [3.63, 3.8) is 0 Å². The van der Waals surface area contributed by atoms with E-state index in [0.29, 0.717) is 22.8 Å². The topological polar surface area (TPSA) is 119 Å². The van der Waals surface area contributed by atoms with E-state index < -0.39 is 11.6 Å². The van der Waals surface area contributed by atoms with Crippen LogP contribution >= 0.6 is 0 Å². The zero-order valence-corrected chi connectivity index (χ0v) is 21.1. The molecule has 0 bridgehead atoms. The summed E-state index contributed by atoms with van der Waals surface area (Å²) in [5.41, 5.74) is 1.23. The molecule has 3 heterocycles. The third-order valence-corrected chi connectivity index (χ3v) is 5.37. The van der Waals surface area contributed by atoms with Crippen molar-refractivity contribution in [1.29, 1.82) is 0 Å². The van der Waals surface area contributed by atoms with Crippen LogP contribution in [0, 0.1) is 13.8 Å². The van der Waals surface area contributed by atoms with Crippen LogP contribution in [-0.4, -0.2) is 42.5 Å². The van der Waals surface area contributed by atoms with Gasteiger partial charge in [-0.05, 0) is 69.7 Å². The van der Waals surface area contributed by atoms with E-state index in [4.69, 9.17) is 8.83 Å². The highest BCUT2D eigenvalue weighted by Gasteiger charge is 2.34. The molecule has 188 valence electrons. The number of nitrogens with zero attached hydrogens (tertiary/aromatic N) is 5. The number of rotatable bonds is 8. The van der Waals surface area contributed by atoms with E-state index in [2.05, 4.69) is 20.7 Å². The fourth-order valence-electron chi connectivity index (χ4n) is 3.73. The Kier molecular flexibility index (Phi) is 7.05. The average Bonchev–Trinajstić information content (AvgIpc) is 3.56. The Morgan fingerprint density at radius 3 is 2.44 bits per heavy atom. The predicted octanol–water partition coefficient (Wildman–Crippen LogP) is 3.83. The van der Waals surface area contributed by atoms with Gasteiger partial charge in [0.15, 0.2) is 5.76 Å². The zero-order chi connectivity index (χ0) is 25.9. The first-order valence-corrected chi connectivity index (χ1v) is 11.6. The van der Waals surface area contributed by atoms with Crippen LogP contribution in [0.25, 0.3) is 11.6 Å². The molecule has 10 nitrogen and oxygen atoms in total. The van der Waals surface area contributed by atoms with E-state index in [9.17, 15) is 9.59 Å². The van der Waals surface area contributed by atoms with Gasteiger partial charge in [-0.25, -0.2) is 0 Å². The summed E-state index contributed by atoms with van der Waals surface area (Å²) in [6.45, 7) is 9.33. The Morgan fingerprint density at radius 2 is 1.83 bits per heavy atom. The smallest absolute Gasteiger partial charge is 0.247 e. The maximum atomic E-state index is 13.7. The second-order valence-corrected chi connectivity index (χ2v) is 9.71. The number of benzene rings is 1. The molecule has 4 aromatic rings. The first-order valence-electron chi connectivity index (χ1n) is 11.6. The molecule has 0 saturated heterocycles. The summed E-state index contributed by atoms with van der Waals surface area (Å²) in [5, 5.41) is 15.3. The number of aryl methyl sites for hydroxylation is 2. The van der Waals surface area contributed by atoms with Crippen LogP contribution in [0.5, 0.6) is 0 Å². The van der Waals surface area contributed by atoms with Gasteiger partial charge in [0.25, 0.3) is 0 Å².